The zero-order valence-corrected chi connectivity index (χ0v) is 14.7. The maximum atomic E-state index is 4.35. The highest BCUT2D eigenvalue weighted by atomic mass is 15.0. The van der Waals surface area contributed by atoms with Gasteiger partial charge < -0.3 is 9.88 Å². The third-order valence-corrected chi connectivity index (χ3v) is 4.84. The first-order valence-corrected chi connectivity index (χ1v) is 8.45. The van der Waals surface area contributed by atoms with Crippen LogP contribution in [0.4, 0.5) is 5.69 Å². The molecule has 2 aliphatic rings. The average Bonchev–Trinajstić information content (AvgIpc) is 2.68. The van der Waals surface area contributed by atoms with Gasteiger partial charge >= 0.3 is 0 Å². The summed E-state index contributed by atoms with van der Waals surface area (Å²) in [6.07, 6.45) is 0. The van der Waals surface area contributed by atoms with E-state index in [-0.39, 0.29) is 0 Å². The second-order valence-corrected chi connectivity index (χ2v) is 6.21. The standard InChI is InChI=1S/C22H21N3/c1-23-16-9-11-18-19-12-10-17(24-2)14-21(19)25(3)22(20(18)13-16)15-7-5-4-6-8-15/h4-14,23H,1-3H3. The lowest BCUT2D eigenvalue weighted by Gasteiger charge is -2.22. The van der Waals surface area contributed by atoms with Gasteiger partial charge in [-0.3, -0.25) is 4.99 Å². The quantitative estimate of drug-likeness (QED) is 0.539. The molecule has 0 atom stereocenters. The molecule has 0 aromatic heterocycles. The van der Waals surface area contributed by atoms with E-state index in [2.05, 4.69) is 88.7 Å². The third kappa shape index (κ3) is 2.49. The molecule has 1 aliphatic carbocycles. The van der Waals surface area contributed by atoms with Gasteiger partial charge in [0.1, 0.15) is 0 Å². The summed E-state index contributed by atoms with van der Waals surface area (Å²) in [5.74, 6) is 0. The van der Waals surface area contributed by atoms with E-state index in [1.165, 1.54) is 33.3 Å². The summed E-state index contributed by atoms with van der Waals surface area (Å²) >= 11 is 0. The van der Waals surface area contributed by atoms with Gasteiger partial charge in [-0.05, 0) is 35.2 Å². The van der Waals surface area contributed by atoms with Crippen LogP contribution in [-0.2, 0) is 7.05 Å². The SMILES string of the molecule is CN=c1ccc2c3ccc(NC)cc3c(-c3ccccc3)n(C)c-2c1. The maximum absolute atomic E-state index is 4.35. The van der Waals surface area contributed by atoms with Gasteiger partial charge in [-0.1, -0.05) is 42.5 Å². The van der Waals surface area contributed by atoms with Crippen molar-refractivity contribution < 1.29 is 0 Å². The van der Waals surface area contributed by atoms with Crippen molar-refractivity contribution in [2.24, 2.45) is 12.0 Å². The topological polar surface area (TPSA) is 29.3 Å². The molecule has 1 aliphatic heterocycles. The monoisotopic (exact) mass is 327 g/mol. The van der Waals surface area contributed by atoms with Gasteiger partial charge in [-0.2, -0.15) is 0 Å². The number of pyridine rings is 1. The highest BCUT2D eigenvalue weighted by Gasteiger charge is 2.16. The molecule has 0 amide bonds. The van der Waals surface area contributed by atoms with E-state index in [9.17, 15) is 0 Å². The first-order chi connectivity index (χ1) is 12.2. The lowest BCUT2D eigenvalue weighted by atomic mass is 9.95. The number of nitrogens with zero attached hydrogens (tertiary/aromatic N) is 2. The number of anilines is 1. The molecule has 1 heterocycles. The van der Waals surface area contributed by atoms with Crippen LogP contribution in [0.15, 0.2) is 71.7 Å². The molecule has 2 aromatic rings. The Labute approximate surface area is 147 Å². The molecule has 0 saturated carbocycles. The zero-order valence-electron chi connectivity index (χ0n) is 14.7. The molecule has 0 spiro atoms. The number of benzene rings is 3. The summed E-state index contributed by atoms with van der Waals surface area (Å²) in [5.41, 5.74) is 5.97. The summed E-state index contributed by atoms with van der Waals surface area (Å²) < 4.78 is 2.28. The fraction of sp³-hybridized carbons (Fsp3) is 0.136. The van der Waals surface area contributed by atoms with Crippen LogP contribution in [0.2, 0.25) is 0 Å². The van der Waals surface area contributed by atoms with Crippen LogP contribution < -0.4 is 10.7 Å². The summed E-state index contributed by atoms with van der Waals surface area (Å²) in [4.78, 5) is 4.35. The number of aromatic nitrogens is 1. The van der Waals surface area contributed by atoms with Crippen molar-refractivity contribution >= 4 is 16.5 Å². The molecule has 25 heavy (non-hydrogen) atoms. The molecule has 0 bridgehead atoms. The van der Waals surface area contributed by atoms with Crippen LogP contribution >= 0.6 is 0 Å². The molecule has 124 valence electrons. The minimum absolute atomic E-state index is 0.994. The predicted octanol–water partition coefficient (Wildman–Crippen LogP) is 4.52. The van der Waals surface area contributed by atoms with Crippen molar-refractivity contribution in [1.29, 1.82) is 0 Å². The minimum Gasteiger partial charge on any atom is -0.388 e. The highest BCUT2D eigenvalue weighted by molar-refractivity contribution is 6.05. The molecule has 0 fully saturated rings. The van der Waals surface area contributed by atoms with E-state index < -0.39 is 0 Å². The van der Waals surface area contributed by atoms with Gasteiger partial charge in [-0.25, -0.2) is 0 Å². The first-order valence-electron chi connectivity index (χ1n) is 8.45. The van der Waals surface area contributed by atoms with Gasteiger partial charge in [0, 0.05) is 37.8 Å². The van der Waals surface area contributed by atoms with Gasteiger partial charge in [-0.15, -0.1) is 0 Å². The Bertz CT molecular complexity index is 1090. The predicted molar refractivity (Wildman–Crippen MR) is 106 cm³/mol. The second kappa shape index (κ2) is 6.10. The van der Waals surface area contributed by atoms with E-state index in [1.807, 2.05) is 14.1 Å². The Hall–Kier alpha value is -3.07. The molecule has 0 saturated heterocycles. The smallest absolute Gasteiger partial charge is 0.0592 e. The van der Waals surface area contributed by atoms with Crippen LogP contribution in [0.25, 0.3) is 33.3 Å². The number of hydrogen-bond acceptors (Lipinski definition) is 2. The lowest BCUT2D eigenvalue weighted by Crippen LogP contribution is -2.09. The molecule has 4 rings (SSSR count). The number of nitrogens with one attached hydrogen (secondary N) is 1. The Kier molecular flexibility index (Phi) is 3.77. The van der Waals surface area contributed by atoms with Crippen molar-refractivity contribution in [2.75, 3.05) is 19.4 Å². The largest absolute Gasteiger partial charge is 0.388 e. The van der Waals surface area contributed by atoms with Crippen molar-refractivity contribution in [1.82, 2.24) is 4.57 Å². The van der Waals surface area contributed by atoms with Crippen LogP contribution in [-0.4, -0.2) is 18.7 Å². The molecular formula is C22H21N3. The summed E-state index contributed by atoms with van der Waals surface area (Å²) in [5, 5.41) is 6.76. The third-order valence-electron chi connectivity index (χ3n) is 4.84. The highest BCUT2D eigenvalue weighted by Crippen LogP contribution is 2.38. The molecule has 1 N–H and O–H groups in total. The van der Waals surface area contributed by atoms with Crippen LogP contribution in [0.1, 0.15) is 0 Å². The lowest BCUT2D eigenvalue weighted by molar-refractivity contribution is 0.930. The fourth-order valence-electron chi connectivity index (χ4n) is 3.54. The number of fused-ring (bicyclic) bond motifs is 3. The number of hydrogen-bond donors (Lipinski definition) is 1. The second-order valence-electron chi connectivity index (χ2n) is 6.21. The van der Waals surface area contributed by atoms with Crippen molar-refractivity contribution in [3.8, 4) is 22.5 Å². The van der Waals surface area contributed by atoms with Crippen molar-refractivity contribution in [3.05, 3.63) is 72.1 Å². The zero-order chi connectivity index (χ0) is 17.4. The maximum Gasteiger partial charge on any atom is 0.0592 e. The molecule has 0 unspecified atom stereocenters. The van der Waals surface area contributed by atoms with Crippen molar-refractivity contribution in [2.45, 2.75) is 0 Å². The van der Waals surface area contributed by atoms with Gasteiger partial charge in [0.2, 0.25) is 0 Å². The van der Waals surface area contributed by atoms with Gasteiger partial charge in [0.05, 0.1) is 16.7 Å². The van der Waals surface area contributed by atoms with E-state index >= 15 is 0 Å². The van der Waals surface area contributed by atoms with Crippen LogP contribution in [0.3, 0.4) is 0 Å². The Morgan fingerprint density at radius 2 is 1.68 bits per heavy atom. The van der Waals surface area contributed by atoms with Crippen LogP contribution in [0.5, 0.6) is 0 Å². The Balaban J connectivity index is 2.22. The van der Waals surface area contributed by atoms with Crippen LogP contribution in [0, 0.1) is 0 Å². The summed E-state index contributed by atoms with van der Waals surface area (Å²) in [7, 11) is 5.93. The van der Waals surface area contributed by atoms with Crippen molar-refractivity contribution in [3.63, 3.8) is 0 Å². The van der Waals surface area contributed by atoms with E-state index in [1.54, 1.807) is 0 Å². The molecule has 3 nitrogen and oxygen atoms in total. The Morgan fingerprint density at radius 3 is 2.40 bits per heavy atom. The average molecular weight is 327 g/mol. The first kappa shape index (κ1) is 15.5. The summed E-state index contributed by atoms with van der Waals surface area (Å²) in [6.45, 7) is 0. The molecule has 0 radical (unpaired) electrons. The molecule has 2 aromatic carbocycles. The fourth-order valence-corrected chi connectivity index (χ4v) is 3.54. The number of rotatable bonds is 2. The van der Waals surface area contributed by atoms with E-state index in [0.717, 1.165) is 11.0 Å². The minimum atomic E-state index is 0.994. The normalized spacial score (nSPS) is 12.0. The van der Waals surface area contributed by atoms with Gasteiger partial charge in [0.15, 0.2) is 0 Å². The Morgan fingerprint density at radius 1 is 0.880 bits per heavy atom. The van der Waals surface area contributed by atoms with Gasteiger partial charge in [0.25, 0.3) is 0 Å². The summed E-state index contributed by atoms with van der Waals surface area (Å²) in [6, 6.07) is 23.6. The molecular weight excluding hydrogens is 306 g/mol. The van der Waals surface area contributed by atoms with E-state index in [4.69, 9.17) is 0 Å². The molecule has 3 heteroatoms. The van der Waals surface area contributed by atoms with E-state index in [0.29, 0.717) is 0 Å².